The second-order valence-corrected chi connectivity index (χ2v) is 8.68. The van der Waals surface area contributed by atoms with Gasteiger partial charge in [0.05, 0.1) is 35.4 Å². The summed E-state index contributed by atoms with van der Waals surface area (Å²) in [5.74, 6) is 2.31. The van der Waals surface area contributed by atoms with Gasteiger partial charge < -0.3 is 9.36 Å². The monoisotopic (exact) mass is 728 g/mol. The van der Waals surface area contributed by atoms with Gasteiger partial charge in [0.1, 0.15) is 11.6 Å². The molecule has 11 nitrogen and oxygen atoms in total. The van der Waals surface area contributed by atoms with E-state index in [-0.39, 0.29) is 21.1 Å². The first-order valence-electron chi connectivity index (χ1n) is 12.6. The fourth-order valence-electron chi connectivity index (χ4n) is 4.39. The van der Waals surface area contributed by atoms with Crippen LogP contribution in [-0.4, -0.2) is 49.5 Å². The third kappa shape index (κ3) is 5.20. The molecule has 0 N–H and O–H groups in total. The summed E-state index contributed by atoms with van der Waals surface area (Å²) in [6, 6.07) is 21.1. The molecule has 0 unspecified atom stereocenters. The van der Waals surface area contributed by atoms with E-state index in [9.17, 15) is 0 Å². The summed E-state index contributed by atoms with van der Waals surface area (Å²) in [6.07, 6.45) is 19.4. The maximum atomic E-state index is 5.05. The summed E-state index contributed by atoms with van der Waals surface area (Å²) in [5, 5.41) is 8.80. The molecular weight excluding hydrogens is 709 g/mol. The van der Waals surface area contributed by atoms with E-state index in [0.29, 0.717) is 34.7 Å². The Bertz CT molecular complexity index is 1760. The zero-order valence-electron chi connectivity index (χ0n) is 21.7. The van der Waals surface area contributed by atoms with E-state index >= 15 is 0 Å². The third-order valence-electron chi connectivity index (χ3n) is 6.18. The molecule has 0 spiro atoms. The van der Waals surface area contributed by atoms with Gasteiger partial charge in [-0.3, -0.25) is 45.0 Å². The Kier molecular flexibility index (Phi) is 7.65. The second-order valence-electron chi connectivity index (χ2n) is 8.68. The van der Waals surface area contributed by atoms with Crippen LogP contribution in [0.15, 0.2) is 116 Å². The van der Waals surface area contributed by atoms with Gasteiger partial charge in [-0.1, -0.05) is 55.1 Å². The zero-order valence-corrected chi connectivity index (χ0v) is 24.0. The summed E-state index contributed by atoms with van der Waals surface area (Å²) >= 11 is 0. The molecule has 6 aromatic heterocycles. The van der Waals surface area contributed by atoms with Crippen molar-refractivity contribution in [3.63, 3.8) is 0 Å². The summed E-state index contributed by atoms with van der Waals surface area (Å²) < 4.78 is 3.18. The van der Waals surface area contributed by atoms with E-state index in [0.717, 1.165) is 16.8 Å². The molecule has 0 radical (unpaired) electrons. The number of rotatable bonds is 7. The van der Waals surface area contributed by atoms with Crippen LogP contribution in [0.25, 0.3) is 34.2 Å². The van der Waals surface area contributed by atoms with E-state index in [2.05, 4.69) is 42.5 Å². The van der Waals surface area contributed by atoms with Gasteiger partial charge >= 0.3 is 21.1 Å². The van der Waals surface area contributed by atoms with Crippen LogP contribution in [0.4, 0.5) is 17.3 Å². The molecule has 0 amide bonds. The van der Waals surface area contributed by atoms with Gasteiger partial charge in [-0.25, -0.2) is 0 Å². The van der Waals surface area contributed by atoms with Gasteiger partial charge in [-0.05, 0) is 35.4 Å². The topological polar surface area (TPSA) is 116 Å². The maximum Gasteiger partial charge on any atom is 2.00 e. The quantitative estimate of drug-likeness (QED) is 0.213. The SMILES string of the molecule is [Pt+2].[c-]1ccnn1-c1nc(N(c2ccccc2)c2ccc(-c3cnccn3)c(-n3[c-]ccn3)n2)ccc1-c1cnccn1. The largest absolute Gasteiger partial charge is 2.00 e. The van der Waals surface area contributed by atoms with Crippen LogP contribution >= 0.6 is 0 Å². The van der Waals surface area contributed by atoms with Gasteiger partial charge in [0.2, 0.25) is 0 Å². The van der Waals surface area contributed by atoms with Crippen molar-refractivity contribution in [3.8, 4) is 34.2 Å². The minimum absolute atomic E-state index is 0. The van der Waals surface area contributed by atoms with Crippen LogP contribution in [0.3, 0.4) is 0 Å². The minimum atomic E-state index is 0. The van der Waals surface area contributed by atoms with Crippen molar-refractivity contribution in [2.75, 3.05) is 4.90 Å². The molecule has 0 aliphatic rings. The van der Waals surface area contributed by atoms with Crippen LogP contribution in [0.1, 0.15) is 0 Å². The first kappa shape index (κ1) is 26.8. The molecule has 0 aliphatic heterocycles. The number of benzene rings is 1. The Morgan fingerprint density at radius 3 is 1.52 bits per heavy atom. The zero-order chi connectivity index (χ0) is 27.4. The number of pyridine rings is 2. The molecular formula is C30H19N11Pt. The minimum Gasteiger partial charge on any atom is -0.343 e. The van der Waals surface area contributed by atoms with Crippen molar-refractivity contribution in [2.45, 2.75) is 0 Å². The van der Waals surface area contributed by atoms with Crippen LogP contribution in [0.2, 0.25) is 0 Å². The maximum absolute atomic E-state index is 5.05. The average Bonchev–Trinajstić information content (AvgIpc) is 3.78. The van der Waals surface area contributed by atoms with E-state index < -0.39 is 0 Å². The smallest absolute Gasteiger partial charge is 0.343 e. The van der Waals surface area contributed by atoms with E-state index in [1.54, 1.807) is 71.1 Å². The summed E-state index contributed by atoms with van der Waals surface area (Å²) in [7, 11) is 0. The number of anilines is 3. The number of nitrogens with zero attached hydrogens (tertiary/aromatic N) is 11. The van der Waals surface area contributed by atoms with Gasteiger partial charge in [-0.2, -0.15) is 0 Å². The molecule has 7 rings (SSSR count). The van der Waals surface area contributed by atoms with Crippen molar-refractivity contribution in [1.82, 2.24) is 49.5 Å². The Balaban J connectivity index is 0.00000316. The standard InChI is InChI=1S/C30H19N11.Pt/c1-2-6-22(7-3-1)41(27-10-8-23(25-20-31-14-16-33-25)29(37-27)39-18-4-12-35-39)28-11-9-24(26-21-32-15-17-34-26)30(38-28)40-19-5-13-36-40;/h1-17,20-21H;/q-2;+2. The normalized spacial score (nSPS) is 10.7. The van der Waals surface area contributed by atoms with Crippen LogP contribution in [-0.2, 0) is 21.1 Å². The molecule has 0 atom stereocenters. The van der Waals surface area contributed by atoms with Gasteiger partial charge in [0.15, 0.2) is 0 Å². The van der Waals surface area contributed by atoms with Gasteiger partial charge in [-0.15, -0.1) is 12.1 Å². The first-order chi connectivity index (χ1) is 20.3. The molecule has 0 aliphatic carbocycles. The number of hydrogen-bond acceptors (Lipinski definition) is 9. The Labute approximate surface area is 254 Å². The Morgan fingerprint density at radius 1 is 0.571 bits per heavy atom. The number of aromatic nitrogens is 10. The molecule has 0 fully saturated rings. The third-order valence-corrected chi connectivity index (χ3v) is 6.18. The van der Waals surface area contributed by atoms with Crippen molar-refractivity contribution < 1.29 is 21.1 Å². The van der Waals surface area contributed by atoms with E-state index in [1.807, 2.05) is 59.5 Å². The predicted molar refractivity (Wildman–Crippen MR) is 151 cm³/mol. The first-order valence-corrected chi connectivity index (χ1v) is 12.6. The predicted octanol–water partition coefficient (Wildman–Crippen LogP) is 4.83. The summed E-state index contributed by atoms with van der Waals surface area (Å²) in [6.45, 7) is 0. The van der Waals surface area contributed by atoms with Crippen LogP contribution in [0, 0.1) is 12.4 Å². The number of para-hydroxylation sites is 1. The fourth-order valence-corrected chi connectivity index (χ4v) is 4.39. The van der Waals surface area contributed by atoms with Crippen molar-refractivity contribution in [3.05, 3.63) is 129 Å². The van der Waals surface area contributed by atoms with Gasteiger partial charge in [0, 0.05) is 30.5 Å². The Morgan fingerprint density at radius 2 is 1.10 bits per heavy atom. The molecule has 0 saturated carbocycles. The van der Waals surface area contributed by atoms with Gasteiger partial charge in [0.25, 0.3) is 0 Å². The summed E-state index contributed by atoms with van der Waals surface area (Å²) in [4.78, 5) is 29.5. The summed E-state index contributed by atoms with van der Waals surface area (Å²) in [5.41, 5.74) is 3.71. The van der Waals surface area contributed by atoms with Crippen LogP contribution in [0.5, 0.6) is 0 Å². The number of hydrogen-bond donors (Lipinski definition) is 0. The molecule has 42 heavy (non-hydrogen) atoms. The van der Waals surface area contributed by atoms with Crippen molar-refractivity contribution >= 4 is 17.3 Å². The fraction of sp³-hybridized carbons (Fsp3) is 0. The van der Waals surface area contributed by atoms with Crippen LogP contribution < -0.4 is 4.90 Å². The van der Waals surface area contributed by atoms with E-state index in [1.165, 1.54) is 0 Å². The molecule has 204 valence electrons. The van der Waals surface area contributed by atoms with Crippen molar-refractivity contribution in [2.24, 2.45) is 0 Å². The molecule has 7 aromatic rings. The Hall–Kier alpha value is -5.41. The van der Waals surface area contributed by atoms with Crippen molar-refractivity contribution in [1.29, 1.82) is 0 Å². The molecule has 6 heterocycles. The van der Waals surface area contributed by atoms with E-state index in [4.69, 9.17) is 9.97 Å². The second kappa shape index (κ2) is 12.0. The average molecular weight is 729 g/mol. The molecule has 0 saturated heterocycles. The molecule has 0 bridgehead atoms. The molecule has 12 heteroatoms. The molecule has 1 aromatic carbocycles.